The summed E-state index contributed by atoms with van der Waals surface area (Å²) in [4.78, 5) is 16.9. The van der Waals surface area contributed by atoms with E-state index in [9.17, 15) is 4.79 Å². The molecule has 2 fully saturated rings. The molecule has 1 heterocycles. The number of para-hydroxylation sites is 1. The van der Waals surface area contributed by atoms with Gasteiger partial charge in [0.15, 0.2) is 0 Å². The van der Waals surface area contributed by atoms with Crippen molar-refractivity contribution in [2.75, 3.05) is 38.0 Å². The summed E-state index contributed by atoms with van der Waals surface area (Å²) in [5, 5.41) is 2.96. The van der Waals surface area contributed by atoms with Gasteiger partial charge in [-0.25, -0.2) is 0 Å². The summed E-state index contributed by atoms with van der Waals surface area (Å²) < 4.78 is 0. The molecule has 3 rings (SSSR count). The molecule has 0 bridgehead atoms. The van der Waals surface area contributed by atoms with Crippen molar-refractivity contribution in [3.63, 3.8) is 0 Å². The van der Waals surface area contributed by atoms with Gasteiger partial charge >= 0.3 is 0 Å². The van der Waals surface area contributed by atoms with Crippen molar-refractivity contribution in [2.24, 2.45) is 0 Å². The highest BCUT2D eigenvalue weighted by Gasteiger charge is 2.26. The molecule has 1 amide bonds. The molecule has 0 spiro atoms. The summed E-state index contributed by atoms with van der Waals surface area (Å²) in [7, 11) is 0. The maximum atomic E-state index is 12.1. The Hall–Kier alpha value is -1.39. The van der Waals surface area contributed by atoms with Crippen molar-refractivity contribution in [3.05, 3.63) is 30.3 Å². The normalized spacial score (nSPS) is 21.5. The minimum Gasteiger partial charge on any atom is -0.325 e. The van der Waals surface area contributed by atoms with E-state index in [0.717, 1.165) is 37.9 Å². The van der Waals surface area contributed by atoms with Crippen LogP contribution in [0.25, 0.3) is 0 Å². The molecule has 2 aliphatic rings. The van der Waals surface area contributed by atoms with Gasteiger partial charge in [-0.3, -0.25) is 14.6 Å². The number of carbonyl (C=O) groups is 1. The van der Waals surface area contributed by atoms with E-state index < -0.39 is 0 Å². The second-order valence-corrected chi connectivity index (χ2v) is 6.16. The largest absolute Gasteiger partial charge is 0.325 e. The van der Waals surface area contributed by atoms with Gasteiger partial charge in [-0.15, -0.1) is 0 Å². The molecule has 1 aromatic rings. The molecule has 1 aliphatic heterocycles. The molecule has 4 nitrogen and oxygen atoms in total. The lowest BCUT2D eigenvalue weighted by Gasteiger charge is -2.37. The first kappa shape index (κ1) is 14.5. The van der Waals surface area contributed by atoms with Gasteiger partial charge in [0, 0.05) is 37.9 Å². The highest BCUT2D eigenvalue weighted by Crippen LogP contribution is 2.24. The molecule has 1 aliphatic carbocycles. The van der Waals surface area contributed by atoms with Crippen LogP contribution < -0.4 is 5.32 Å². The maximum absolute atomic E-state index is 12.1. The Morgan fingerprint density at radius 2 is 1.71 bits per heavy atom. The number of nitrogens with zero attached hydrogens (tertiary/aromatic N) is 2. The fourth-order valence-electron chi connectivity index (χ4n) is 3.48. The number of benzene rings is 1. The van der Waals surface area contributed by atoms with Crippen LogP contribution in [0, 0.1) is 0 Å². The van der Waals surface area contributed by atoms with Crippen molar-refractivity contribution >= 4 is 11.6 Å². The molecule has 1 saturated heterocycles. The first-order chi connectivity index (χ1) is 10.3. The summed E-state index contributed by atoms with van der Waals surface area (Å²) in [6.07, 6.45) is 5.53. The van der Waals surface area contributed by atoms with Crippen LogP contribution in [0.5, 0.6) is 0 Å². The lowest BCUT2D eigenvalue weighted by atomic mass is 10.2. The molecule has 0 atom stereocenters. The zero-order valence-electron chi connectivity index (χ0n) is 12.6. The molecule has 4 heteroatoms. The van der Waals surface area contributed by atoms with E-state index in [-0.39, 0.29) is 5.91 Å². The standard InChI is InChI=1S/C17H25N3O/c21-17(18-15-6-2-1-3-7-15)14-19-10-12-20(13-11-19)16-8-4-5-9-16/h1-3,6-7,16H,4-5,8-14H2,(H,18,21). The van der Waals surface area contributed by atoms with Crippen LogP contribution in [0.3, 0.4) is 0 Å². The second kappa shape index (κ2) is 7.05. The number of piperazine rings is 1. The Morgan fingerprint density at radius 3 is 2.38 bits per heavy atom. The average Bonchev–Trinajstić information content (AvgIpc) is 3.03. The highest BCUT2D eigenvalue weighted by atomic mass is 16.2. The first-order valence-electron chi connectivity index (χ1n) is 8.12. The SMILES string of the molecule is O=C(CN1CCN(C2CCCC2)CC1)Nc1ccccc1. The third-order valence-corrected chi connectivity index (χ3v) is 4.67. The van der Waals surface area contributed by atoms with Crippen LogP contribution in [-0.2, 0) is 4.79 Å². The molecule has 0 unspecified atom stereocenters. The number of rotatable bonds is 4. The monoisotopic (exact) mass is 287 g/mol. The summed E-state index contributed by atoms with van der Waals surface area (Å²) in [6, 6.07) is 10.5. The quantitative estimate of drug-likeness (QED) is 0.922. The summed E-state index contributed by atoms with van der Waals surface area (Å²) in [5.41, 5.74) is 0.882. The number of carbonyl (C=O) groups excluding carboxylic acids is 1. The van der Waals surface area contributed by atoms with Crippen LogP contribution in [0.1, 0.15) is 25.7 Å². The smallest absolute Gasteiger partial charge is 0.238 e. The van der Waals surface area contributed by atoms with Gasteiger partial charge in [0.1, 0.15) is 0 Å². The number of anilines is 1. The molecule has 1 N–H and O–H groups in total. The fourth-order valence-corrected chi connectivity index (χ4v) is 3.48. The van der Waals surface area contributed by atoms with Gasteiger partial charge in [0.2, 0.25) is 5.91 Å². The second-order valence-electron chi connectivity index (χ2n) is 6.16. The maximum Gasteiger partial charge on any atom is 0.238 e. The van der Waals surface area contributed by atoms with E-state index in [0.29, 0.717) is 6.54 Å². The zero-order chi connectivity index (χ0) is 14.5. The topological polar surface area (TPSA) is 35.6 Å². The first-order valence-corrected chi connectivity index (χ1v) is 8.12. The predicted molar refractivity (Wildman–Crippen MR) is 85.3 cm³/mol. The van der Waals surface area contributed by atoms with Crippen LogP contribution in [0.4, 0.5) is 5.69 Å². The zero-order valence-corrected chi connectivity index (χ0v) is 12.6. The number of hydrogen-bond acceptors (Lipinski definition) is 3. The van der Waals surface area contributed by atoms with Gasteiger partial charge in [0.05, 0.1) is 6.54 Å². The van der Waals surface area contributed by atoms with Gasteiger partial charge < -0.3 is 5.32 Å². The van der Waals surface area contributed by atoms with Crippen molar-refractivity contribution in [1.82, 2.24) is 9.80 Å². The van der Waals surface area contributed by atoms with E-state index in [1.165, 1.54) is 25.7 Å². The lowest BCUT2D eigenvalue weighted by Crippen LogP contribution is -2.51. The average molecular weight is 287 g/mol. The minimum atomic E-state index is 0.0931. The summed E-state index contributed by atoms with van der Waals surface area (Å²) >= 11 is 0. The van der Waals surface area contributed by atoms with E-state index in [1.54, 1.807) is 0 Å². The highest BCUT2D eigenvalue weighted by molar-refractivity contribution is 5.92. The van der Waals surface area contributed by atoms with Crippen LogP contribution in [0.2, 0.25) is 0 Å². The molecular formula is C17H25N3O. The lowest BCUT2D eigenvalue weighted by molar-refractivity contribution is -0.117. The van der Waals surface area contributed by atoms with Crippen molar-refractivity contribution in [2.45, 2.75) is 31.7 Å². The number of hydrogen-bond donors (Lipinski definition) is 1. The summed E-state index contributed by atoms with van der Waals surface area (Å²) in [5.74, 6) is 0.0931. The molecule has 0 radical (unpaired) electrons. The van der Waals surface area contributed by atoms with E-state index in [4.69, 9.17) is 0 Å². The Labute approximate surface area is 127 Å². The third-order valence-electron chi connectivity index (χ3n) is 4.67. The van der Waals surface area contributed by atoms with Crippen molar-refractivity contribution in [1.29, 1.82) is 0 Å². The predicted octanol–water partition coefficient (Wildman–Crippen LogP) is 2.19. The van der Waals surface area contributed by atoms with Crippen LogP contribution in [0.15, 0.2) is 30.3 Å². The fraction of sp³-hybridized carbons (Fsp3) is 0.588. The van der Waals surface area contributed by atoms with Crippen LogP contribution in [-0.4, -0.2) is 54.5 Å². The molecule has 21 heavy (non-hydrogen) atoms. The molecule has 1 aromatic carbocycles. The van der Waals surface area contributed by atoms with E-state index in [2.05, 4.69) is 15.1 Å². The third kappa shape index (κ3) is 4.05. The minimum absolute atomic E-state index is 0.0931. The van der Waals surface area contributed by atoms with Gasteiger partial charge in [-0.1, -0.05) is 31.0 Å². The molecule has 0 aromatic heterocycles. The Balaban J connectivity index is 1.41. The Morgan fingerprint density at radius 1 is 1.05 bits per heavy atom. The summed E-state index contributed by atoms with van der Waals surface area (Å²) in [6.45, 7) is 4.76. The molecule has 1 saturated carbocycles. The Kier molecular flexibility index (Phi) is 4.88. The van der Waals surface area contributed by atoms with Crippen molar-refractivity contribution < 1.29 is 4.79 Å². The van der Waals surface area contributed by atoms with Gasteiger partial charge in [-0.2, -0.15) is 0 Å². The Bertz CT molecular complexity index is 448. The molecule has 114 valence electrons. The van der Waals surface area contributed by atoms with E-state index >= 15 is 0 Å². The van der Waals surface area contributed by atoms with Gasteiger partial charge in [0.25, 0.3) is 0 Å². The van der Waals surface area contributed by atoms with Gasteiger partial charge in [-0.05, 0) is 25.0 Å². The number of amides is 1. The molecular weight excluding hydrogens is 262 g/mol. The van der Waals surface area contributed by atoms with E-state index in [1.807, 2.05) is 30.3 Å². The van der Waals surface area contributed by atoms with Crippen LogP contribution >= 0.6 is 0 Å². The van der Waals surface area contributed by atoms with Crippen molar-refractivity contribution in [3.8, 4) is 0 Å². The number of nitrogens with one attached hydrogen (secondary N) is 1.